The molecule has 2 heterocycles. The van der Waals surface area contributed by atoms with E-state index in [1.54, 1.807) is 0 Å². The van der Waals surface area contributed by atoms with E-state index < -0.39 is 5.97 Å². The SMILES string of the molecule is Cc1ccc2c(c1)nc1[nH]c(CCC(=O)O)c(Br)n12. The molecule has 0 spiro atoms. The number of hydrogen-bond donors (Lipinski definition) is 2. The average Bonchev–Trinajstić information content (AvgIpc) is 2.83. The van der Waals surface area contributed by atoms with Gasteiger partial charge in [0.2, 0.25) is 5.78 Å². The molecule has 2 N–H and O–H groups in total. The van der Waals surface area contributed by atoms with Crippen LogP contribution in [0.15, 0.2) is 22.8 Å². The summed E-state index contributed by atoms with van der Waals surface area (Å²) in [5.41, 5.74) is 3.95. The van der Waals surface area contributed by atoms with Crippen LogP contribution in [0.3, 0.4) is 0 Å². The van der Waals surface area contributed by atoms with Crippen LogP contribution in [0, 0.1) is 6.92 Å². The molecule has 2 aromatic heterocycles. The zero-order valence-corrected chi connectivity index (χ0v) is 11.9. The first-order valence-corrected chi connectivity index (χ1v) is 6.72. The zero-order chi connectivity index (χ0) is 13.6. The number of aliphatic carboxylic acids is 1. The number of H-pyrrole nitrogens is 1. The van der Waals surface area contributed by atoms with Gasteiger partial charge in [-0.1, -0.05) is 6.07 Å². The smallest absolute Gasteiger partial charge is 0.303 e. The van der Waals surface area contributed by atoms with Gasteiger partial charge < -0.3 is 10.1 Å². The van der Waals surface area contributed by atoms with Gasteiger partial charge in [0.25, 0.3) is 0 Å². The minimum atomic E-state index is -0.806. The minimum Gasteiger partial charge on any atom is -0.481 e. The number of carbonyl (C=O) groups is 1. The molecule has 0 bridgehead atoms. The summed E-state index contributed by atoms with van der Waals surface area (Å²) >= 11 is 3.52. The van der Waals surface area contributed by atoms with E-state index in [0.717, 1.165) is 32.7 Å². The molecule has 0 atom stereocenters. The highest BCUT2D eigenvalue weighted by atomic mass is 79.9. The van der Waals surface area contributed by atoms with E-state index in [0.29, 0.717) is 6.42 Å². The van der Waals surface area contributed by atoms with Crippen molar-refractivity contribution in [2.24, 2.45) is 0 Å². The van der Waals surface area contributed by atoms with Crippen molar-refractivity contribution < 1.29 is 9.90 Å². The summed E-state index contributed by atoms with van der Waals surface area (Å²) in [5, 5.41) is 8.74. The molecule has 0 aliphatic heterocycles. The van der Waals surface area contributed by atoms with Crippen molar-refractivity contribution in [1.82, 2.24) is 14.4 Å². The first-order chi connectivity index (χ1) is 9.06. The molecule has 1 aromatic carbocycles. The maximum Gasteiger partial charge on any atom is 0.303 e. The fraction of sp³-hybridized carbons (Fsp3) is 0.231. The lowest BCUT2D eigenvalue weighted by Gasteiger charge is -1.97. The van der Waals surface area contributed by atoms with Gasteiger partial charge in [0.15, 0.2) is 0 Å². The van der Waals surface area contributed by atoms with E-state index in [4.69, 9.17) is 5.11 Å². The molecule has 0 aliphatic rings. The second-order valence-electron chi connectivity index (χ2n) is 4.55. The maximum atomic E-state index is 10.6. The lowest BCUT2D eigenvalue weighted by Crippen LogP contribution is -1.98. The minimum absolute atomic E-state index is 0.0965. The molecule has 0 aliphatic carbocycles. The molecule has 0 radical (unpaired) electrons. The van der Waals surface area contributed by atoms with E-state index in [-0.39, 0.29) is 6.42 Å². The van der Waals surface area contributed by atoms with E-state index in [1.165, 1.54) is 0 Å². The van der Waals surface area contributed by atoms with Crippen molar-refractivity contribution in [3.8, 4) is 0 Å². The largest absolute Gasteiger partial charge is 0.481 e. The third-order valence-corrected chi connectivity index (χ3v) is 3.94. The highest BCUT2D eigenvalue weighted by Gasteiger charge is 2.14. The van der Waals surface area contributed by atoms with Crippen LogP contribution in [0.4, 0.5) is 0 Å². The lowest BCUT2D eigenvalue weighted by molar-refractivity contribution is -0.136. The Labute approximate surface area is 117 Å². The number of hydrogen-bond acceptors (Lipinski definition) is 2. The van der Waals surface area contributed by atoms with Gasteiger partial charge in [0, 0.05) is 12.1 Å². The van der Waals surface area contributed by atoms with Crippen molar-refractivity contribution in [2.45, 2.75) is 19.8 Å². The molecular weight excluding hydrogens is 310 g/mol. The molecular formula is C13H12BrN3O2. The summed E-state index contributed by atoms with van der Waals surface area (Å²) in [6, 6.07) is 6.08. The molecule has 6 heteroatoms. The Morgan fingerprint density at radius 2 is 2.32 bits per heavy atom. The number of nitrogens with one attached hydrogen (secondary N) is 1. The Kier molecular flexibility index (Phi) is 2.82. The number of rotatable bonds is 3. The Morgan fingerprint density at radius 3 is 3.05 bits per heavy atom. The maximum absolute atomic E-state index is 10.6. The van der Waals surface area contributed by atoms with E-state index in [9.17, 15) is 4.79 Å². The molecule has 0 saturated carbocycles. The Bertz CT molecular complexity index is 788. The van der Waals surface area contributed by atoms with Crippen molar-refractivity contribution >= 4 is 38.7 Å². The van der Waals surface area contributed by atoms with Crippen molar-refractivity contribution in [2.75, 3.05) is 0 Å². The number of aromatic nitrogens is 3. The predicted octanol–water partition coefficient (Wildman–Crippen LogP) is 2.90. The molecule has 98 valence electrons. The predicted molar refractivity (Wildman–Crippen MR) is 75.4 cm³/mol. The summed E-state index contributed by atoms with van der Waals surface area (Å²) in [6.07, 6.45) is 0.548. The first kappa shape index (κ1) is 12.2. The van der Waals surface area contributed by atoms with Crippen LogP contribution < -0.4 is 0 Å². The Morgan fingerprint density at radius 1 is 1.53 bits per heavy atom. The molecule has 19 heavy (non-hydrogen) atoms. The topological polar surface area (TPSA) is 70.4 Å². The normalized spacial score (nSPS) is 11.5. The van der Waals surface area contributed by atoms with Crippen LogP contribution >= 0.6 is 15.9 Å². The molecule has 5 nitrogen and oxygen atoms in total. The van der Waals surface area contributed by atoms with Gasteiger partial charge in [-0.15, -0.1) is 0 Å². The number of carboxylic acid groups (broad SMARTS) is 1. The lowest BCUT2D eigenvalue weighted by atomic mass is 10.2. The number of halogens is 1. The number of fused-ring (bicyclic) bond motifs is 3. The number of nitrogens with zero attached hydrogens (tertiary/aromatic N) is 2. The van der Waals surface area contributed by atoms with Crippen LogP contribution in [0.1, 0.15) is 17.7 Å². The molecule has 0 amide bonds. The number of carboxylic acids is 1. The van der Waals surface area contributed by atoms with E-state index in [2.05, 4.69) is 25.9 Å². The number of aromatic amines is 1. The third kappa shape index (κ3) is 2.02. The van der Waals surface area contributed by atoms with Gasteiger partial charge in [0.1, 0.15) is 4.60 Å². The average molecular weight is 322 g/mol. The van der Waals surface area contributed by atoms with E-state index >= 15 is 0 Å². The number of imidazole rings is 2. The summed E-state index contributed by atoms with van der Waals surface area (Å²) in [5.74, 6) is -0.0764. The quantitative estimate of drug-likeness (QED) is 0.779. The number of benzene rings is 1. The van der Waals surface area contributed by atoms with Gasteiger partial charge in [-0.2, -0.15) is 0 Å². The van der Waals surface area contributed by atoms with Gasteiger partial charge in [0.05, 0.1) is 17.5 Å². The van der Waals surface area contributed by atoms with Crippen LogP contribution in [0.2, 0.25) is 0 Å². The van der Waals surface area contributed by atoms with Crippen LogP contribution in [0.5, 0.6) is 0 Å². The van der Waals surface area contributed by atoms with Crippen LogP contribution in [-0.4, -0.2) is 25.4 Å². The second kappa shape index (κ2) is 4.38. The standard InChI is InChI=1S/C13H12BrN3O2/c1-7-2-4-10-9(6-7)16-13-15-8(3-5-11(18)19)12(14)17(10)13/h2,4,6H,3,5H2,1H3,(H,15,16)(H,18,19). The van der Waals surface area contributed by atoms with Crippen LogP contribution in [-0.2, 0) is 11.2 Å². The summed E-state index contributed by atoms with van der Waals surface area (Å²) in [7, 11) is 0. The fourth-order valence-electron chi connectivity index (χ4n) is 2.19. The molecule has 0 fully saturated rings. The monoisotopic (exact) mass is 321 g/mol. The molecule has 0 unspecified atom stereocenters. The molecule has 3 aromatic rings. The highest BCUT2D eigenvalue weighted by molar-refractivity contribution is 9.10. The van der Waals surface area contributed by atoms with Gasteiger partial charge >= 0.3 is 5.97 Å². The summed E-state index contributed by atoms with van der Waals surface area (Å²) in [4.78, 5) is 18.3. The van der Waals surface area contributed by atoms with Crippen molar-refractivity contribution in [3.05, 3.63) is 34.1 Å². The van der Waals surface area contributed by atoms with Crippen LogP contribution in [0.25, 0.3) is 16.8 Å². The van der Waals surface area contributed by atoms with Gasteiger partial charge in [-0.3, -0.25) is 9.20 Å². The fourth-order valence-corrected chi connectivity index (χ4v) is 2.85. The van der Waals surface area contributed by atoms with Gasteiger partial charge in [-0.05, 0) is 40.5 Å². The first-order valence-electron chi connectivity index (χ1n) is 5.93. The van der Waals surface area contributed by atoms with Gasteiger partial charge in [-0.25, -0.2) is 4.98 Å². The van der Waals surface area contributed by atoms with Crippen molar-refractivity contribution in [1.29, 1.82) is 0 Å². The molecule has 3 rings (SSSR count). The van der Waals surface area contributed by atoms with Crippen molar-refractivity contribution in [3.63, 3.8) is 0 Å². The molecule has 0 saturated heterocycles. The zero-order valence-electron chi connectivity index (χ0n) is 10.3. The van der Waals surface area contributed by atoms with E-state index in [1.807, 2.05) is 29.5 Å². The third-order valence-electron chi connectivity index (χ3n) is 3.11. The highest BCUT2D eigenvalue weighted by Crippen LogP contribution is 2.26. The number of aryl methyl sites for hydroxylation is 2. The Balaban J connectivity index is 2.14. The summed E-state index contributed by atoms with van der Waals surface area (Å²) in [6.45, 7) is 2.03. The second-order valence-corrected chi connectivity index (χ2v) is 5.30. The summed E-state index contributed by atoms with van der Waals surface area (Å²) < 4.78 is 2.81. The Hall–Kier alpha value is -1.82.